The van der Waals surface area contributed by atoms with Crippen molar-refractivity contribution < 1.29 is 42.3 Å². The Labute approximate surface area is 421 Å². The molecule has 386 valence electrons. The van der Waals surface area contributed by atoms with E-state index in [1.807, 2.05) is 39.0 Å². The van der Waals surface area contributed by atoms with Gasteiger partial charge in [-0.15, -0.1) is 0 Å². The molecule has 8 rings (SSSR count). The minimum absolute atomic E-state index is 0.0157. The molecule has 7 heterocycles. The van der Waals surface area contributed by atoms with Crippen molar-refractivity contribution in [2.75, 3.05) is 53.5 Å². The molecule has 1 aromatic carbocycles. The van der Waals surface area contributed by atoms with Crippen molar-refractivity contribution in [1.29, 1.82) is 0 Å². The van der Waals surface area contributed by atoms with Crippen LogP contribution in [0.5, 0.6) is 0 Å². The number of hydrogen-bond donors (Lipinski definition) is 2. The van der Waals surface area contributed by atoms with Crippen molar-refractivity contribution >= 4 is 40.5 Å². The van der Waals surface area contributed by atoms with Crippen LogP contribution in [0.4, 0.5) is 4.39 Å². The molecule has 0 aliphatic carbocycles. The maximum atomic E-state index is 16.8. The summed E-state index contributed by atoms with van der Waals surface area (Å²) in [6.07, 6.45) is 5.06. The Morgan fingerprint density at radius 1 is 1.08 bits per heavy atom. The summed E-state index contributed by atoms with van der Waals surface area (Å²) in [7, 11) is 3.02. The number of carbonyl (C=O) groups excluding carboxylic acids is 5. The largest absolute Gasteiger partial charge is 0.464 e. The molecule has 4 amide bonds. The summed E-state index contributed by atoms with van der Waals surface area (Å²) in [5, 5.41) is 5.15. The van der Waals surface area contributed by atoms with E-state index < -0.39 is 76.8 Å². The number of amides is 4. The number of alkyl halides is 1. The fourth-order valence-electron chi connectivity index (χ4n) is 10.5. The molecule has 4 aliphatic heterocycles. The predicted octanol–water partition coefficient (Wildman–Crippen LogP) is 5.65. The molecule has 72 heavy (non-hydrogen) atoms. The van der Waals surface area contributed by atoms with Crippen LogP contribution in [0.15, 0.2) is 47.1 Å². The molecule has 1 unspecified atom stereocenters. The quantitative estimate of drug-likeness (QED) is 0.147. The van der Waals surface area contributed by atoms with Gasteiger partial charge in [-0.05, 0) is 101 Å². The van der Waals surface area contributed by atoms with E-state index in [-0.39, 0.29) is 44.5 Å². The van der Waals surface area contributed by atoms with Gasteiger partial charge in [-0.25, -0.2) is 14.8 Å². The molecule has 4 aliphatic rings. The van der Waals surface area contributed by atoms with E-state index in [2.05, 4.69) is 69.9 Å². The Hall–Kier alpha value is -6.16. The molecule has 0 saturated carbocycles. The van der Waals surface area contributed by atoms with Crippen LogP contribution in [0, 0.1) is 23.2 Å². The highest BCUT2D eigenvalue weighted by Gasteiger charge is 2.50. The summed E-state index contributed by atoms with van der Waals surface area (Å²) in [6, 6.07) is 6.67. The molecule has 0 spiro atoms. The molecule has 0 radical (unpaired) electrons. The topological polar surface area (TPSA) is 185 Å². The molecule has 3 saturated heterocycles. The fraction of sp³-hybridized carbons (Fsp3) is 0.574. The van der Waals surface area contributed by atoms with Crippen LogP contribution in [-0.2, 0) is 52.8 Å². The first-order valence-electron chi connectivity index (χ1n) is 25.3. The first-order valence-corrected chi connectivity index (χ1v) is 25.3. The third-order valence-corrected chi connectivity index (χ3v) is 14.8. The summed E-state index contributed by atoms with van der Waals surface area (Å²) in [5.74, 6) is 2.44. The fourth-order valence-corrected chi connectivity index (χ4v) is 10.5. The van der Waals surface area contributed by atoms with E-state index in [0.29, 0.717) is 31.6 Å². The highest BCUT2D eigenvalue weighted by molar-refractivity contribution is 5.98. The van der Waals surface area contributed by atoms with Gasteiger partial charge < -0.3 is 33.6 Å². The second-order valence-electron chi connectivity index (χ2n) is 21.5. The maximum Gasteiger partial charge on any atom is 0.324 e. The molecular formula is C54H70FN9O8. The lowest BCUT2D eigenvalue weighted by molar-refractivity contribution is -0.155. The molecule has 6 bridgehead atoms. The van der Waals surface area contributed by atoms with Crippen LogP contribution in [0.25, 0.3) is 33.5 Å². The molecule has 4 aromatic rings. The van der Waals surface area contributed by atoms with Gasteiger partial charge >= 0.3 is 5.97 Å². The smallest absolute Gasteiger partial charge is 0.324 e. The van der Waals surface area contributed by atoms with E-state index in [0.717, 1.165) is 63.4 Å². The summed E-state index contributed by atoms with van der Waals surface area (Å²) in [4.78, 5) is 84.4. The zero-order chi connectivity index (χ0) is 51.9. The number of pyridine rings is 1. The minimum Gasteiger partial charge on any atom is -0.464 e. The second-order valence-corrected chi connectivity index (χ2v) is 21.5. The number of fused-ring (bicyclic) bond motifs is 6. The van der Waals surface area contributed by atoms with Gasteiger partial charge in [-0.1, -0.05) is 33.6 Å². The Bertz CT molecular complexity index is 2790. The monoisotopic (exact) mass is 992 g/mol. The van der Waals surface area contributed by atoms with Crippen molar-refractivity contribution in [1.82, 2.24) is 45.0 Å². The number of halogens is 1. The summed E-state index contributed by atoms with van der Waals surface area (Å²) in [5.41, 5.74) is 4.99. The van der Waals surface area contributed by atoms with E-state index in [1.165, 1.54) is 17.0 Å². The number of nitrogens with one attached hydrogen (secondary N) is 2. The van der Waals surface area contributed by atoms with Gasteiger partial charge in [0.2, 0.25) is 11.6 Å². The van der Waals surface area contributed by atoms with Crippen molar-refractivity contribution in [2.24, 2.45) is 11.3 Å². The van der Waals surface area contributed by atoms with E-state index in [1.54, 1.807) is 33.4 Å². The standard InChI is InChI=1S/C54H70FN9O8/c1-11-63-41-18-17-35-27-37(41)38(47(63)36-15-12-22-56-45(36)34(4)70-10)29-52(5,6)32-71-50(68)39-16-13-25-64(59-39)49(67)40(28-43-57-30-42(35)72-43)58-48(66)46(33(2)3)60(9)51(69)54(55)21-26-61(31-54)44(65)19-20-53(7,8)62-23-14-24-62/h12,15,17-18,22,27,30,33-34,39-40,46,59H,11,13-14,16,21,23-26,28-29,31-32H2,1-10H3,(H,58,66)/t34-,39-,40-,46?,54+/m0/s1. The van der Waals surface area contributed by atoms with Gasteiger partial charge in [0.05, 0.1) is 48.8 Å². The third-order valence-electron chi connectivity index (χ3n) is 14.8. The lowest BCUT2D eigenvalue weighted by Gasteiger charge is -2.41. The number of hydrazine groups is 1. The van der Waals surface area contributed by atoms with Crippen LogP contribution in [-0.4, -0.2) is 147 Å². The van der Waals surface area contributed by atoms with Crippen LogP contribution >= 0.6 is 0 Å². The van der Waals surface area contributed by atoms with Crippen LogP contribution < -0.4 is 10.7 Å². The van der Waals surface area contributed by atoms with Crippen molar-refractivity contribution in [3.8, 4) is 34.4 Å². The molecule has 3 aromatic heterocycles. The number of carbonyl (C=O) groups is 5. The molecule has 18 heteroatoms. The molecule has 3 fully saturated rings. The predicted molar refractivity (Wildman–Crippen MR) is 268 cm³/mol. The van der Waals surface area contributed by atoms with E-state index >= 15 is 4.39 Å². The molecule has 2 N–H and O–H groups in total. The molecular weight excluding hydrogens is 922 g/mol. The van der Waals surface area contributed by atoms with Gasteiger partial charge in [-0.3, -0.25) is 38.9 Å². The Balaban J connectivity index is 1.10. The maximum absolute atomic E-state index is 16.8. The number of methoxy groups -OCH3 is 1. The number of oxazole rings is 1. The summed E-state index contributed by atoms with van der Waals surface area (Å²) in [6.45, 7) is 17.7. The normalized spacial score (nSPS) is 22.6. The number of esters is 1. The van der Waals surface area contributed by atoms with Gasteiger partial charge in [0.25, 0.3) is 17.7 Å². The lowest BCUT2D eigenvalue weighted by Crippen LogP contribution is -2.62. The van der Waals surface area contributed by atoms with Gasteiger partial charge in [0, 0.05) is 86.9 Å². The third kappa shape index (κ3) is 10.5. The van der Waals surface area contributed by atoms with E-state index in [4.69, 9.17) is 18.9 Å². The van der Waals surface area contributed by atoms with Crippen molar-refractivity contribution in [3.05, 3.63) is 59.9 Å². The number of rotatable bonds is 10. The lowest BCUT2D eigenvalue weighted by atomic mass is 9.84. The average Bonchev–Trinajstić information content (AvgIpc) is 4.06. The molecule has 5 atom stereocenters. The van der Waals surface area contributed by atoms with Crippen LogP contribution in [0.3, 0.4) is 0 Å². The number of likely N-dealkylation sites (N-methyl/N-ethyl adjacent to an activating group) is 1. The number of hydrogen-bond acceptors (Lipinski definition) is 12. The Morgan fingerprint density at radius 2 is 1.85 bits per heavy atom. The highest BCUT2D eigenvalue weighted by atomic mass is 19.1. The molecule has 17 nitrogen and oxygen atoms in total. The van der Waals surface area contributed by atoms with Gasteiger partial charge in [0.1, 0.15) is 18.1 Å². The SMILES string of the molecule is CCn1c(-c2cccnc2[C@H](C)OC)c2c3cc(ccc31)-c1cnc(o1)C[C@H](NC(=O)C(C(C)C)N(C)C(=O)[C@@]1(F)CCN(C(=O)C#CC(C)(C)N3CCC3)C1)C(=O)N1CCC[C@H](N1)C(=O)OCC(C)(C)C2. The Kier molecular flexibility index (Phi) is 15.0. The van der Waals surface area contributed by atoms with E-state index in [9.17, 15) is 24.0 Å². The number of ether oxygens (including phenoxy) is 2. The highest BCUT2D eigenvalue weighted by Crippen LogP contribution is 2.42. The minimum atomic E-state index is -2.47. The number of nitrogens with zero attached hydrogens (tertiary/aromatic N) is 7. The first-order chi connectivity index (χ1) is 34.1. The second kappa shape index (κ2) is 20.8. The van der Waals surface area contributed by atoms with Crippen LogP contribution in [0.1, 0.15) is 104 Å². The number of likely N-dealkylation sites (tertiary alicyclic amines) is 2. The first kappa shape index (κ1) is 52.2. The van der Waals surface area contributed by atoms with Gasteiger partial charge in [0.15, 0.2) is 11.7 Å². The number of aryl methyl sites for hydroxylation is 1. The number of cyclic esters (lactones) is 1. The van der Waals surface area contributed by atoms with Crippen molar-refractivity contribution in [2.45, 2.75) is 136 Å². The average molecular weight is 992 g/mol. The van der Waals surface area contributed by atoms with Gasteiger partial charge in [-0.2, -0.15) is 0 Å². The van der Waals surface area contributed by atoms with Crippen molar-refractivity contribution in [3.63, 3.8) is 0 Å². The zero-order valence-corrected chi connectivity index (χ0v) is 43.4. The summed E-state index contributed by atoms with van der Waals surface area (Å²) >= 11 is 0. The number of benzene rings is 1. The number of aromatic nitrogens is 3. The zero-order valence-electron chi connectivity index (χ0n) is 43.4. The Morgan fingerprint density at radius 3 is 2.54 bits per heavy atom. The van der Waals surface area contributed by atoms with Crippen LogP contribution in [0.2, 0.25) is 0 Å². The summed E-state index contributed by atoms with van der Waals surface area (Å²) < 4.78 is 37.4.